The third-order valence-corrected chi connectivity index (χ3v) is 4.64. The first kappa shape index (κ1) is 14.7. The topological polar surface area (TPSA) is 113 Å². The second-order valence-electron chi connectivity index (χ2n) is 4.38. The van der Waals surface area contributed by atoms with Crippen molar-refractivity contribution in [2.24, 2.45) is 7.05 Å². The third kappa shape index (κ3) is 2.89. The fourth-order valence-corrected chi connectivity index (χ4v) is 3.35. The number of aliphatic hydroxyl groups excluding tert-OH is 1. The van der Waals surface area contributed by atoms with Crippen molar-refractivity contribution in [2.75, 3.05) is 6.54 Å². The van der Waals surface area contributed by atoms with E-state index in [1.54, 1.807) is 24.9 Å². The van der Waals surface area contributed by atoms with Gasteiger partial charge in [-0.25, -0.2) is 13.1 Å². The van der Waals surface area contributed by atoms with Gasteiger partial charge in [0.25, 0.3) is 0 Å². The highest BCUT2D eigenvalue weighted by Crippen LogP contribution is 2.17. The fraction of sp³-hybridized carbons (Fsp3) is 0.455. The molecule has 9 heteroatoms. The molecule has 0 amide bonds. The molecule has 0 unspecified atom stereocenters. The average molecular weight is 299 g/mol. The van der Waals surface area contributed by atoms with Crippen molar-refractivity contribution in [2.45, 2.75) is 24.8 Å². The number of nitrogens with zero attached hydrogens (tertiary/aromatic N) is 3. The molecule has 0 atom stereocenters. The number of aromatic nitrogens is 4. The van der Waals surface area contributed by atoms with Gasteiger partial charge in [-0.3, -0.25) is 9.78 Å². The molecular weight excluding hydrogens is 282 g/mol. The van der Waals surface area contributed by atoms with Crippen LogP contribution < -0.4 is 4.72 Å². The molecule has 0 spiro atoms. The van der Waals surface area contributed by atoms with Crippen LogP contribution in [0.15, 0.2) is 17.2 Å². The van der Waals surface area contributed by atoms with E-state index in [0.29, 0.717) is 12.1 Å². The van der Waals surface area contributed by atoms with Gasteiger partial charge in [-0.05, 0) is 13.0 Å². The van der Waals surface area contributed by atoms with Crippen LogP contribution in [0.3, 0.4) is 0 Å². The maximum atomic E-state index is 12.2. The second kappa shape index (κ2) is 5.73. The van der Waals surface area contributed by atoms with Crippen molar-refractivity contribution in [3.05, 3.63) is 29.3 Å². The minimum atomic E-state index is -3.69. The second-order valence-corrected chi connectivity index (χ2v) is 6.08. The predicted octanol–water partition coefficient (Wildman–Crippen LogP) is -0.535. The molecule has 0 fully saturated rings. The summed E-state index contributed by atoms with van der Waals surface area (Å²) in [5.74, 6) is 0. The Bertz CT molecular complexity index is 689. The molecule has 3 N–H and O–H groups in total. The van der Waals surface area contributed by atoms with Gasteiger partial charge in [0.05, 0.1) is 12.3 Å². The molecule has 20 heavy (non-hydrogen) atoms. The largest absolute Gasteiger partial charge is 0.390 e. The van der Waals surface area contributed by atoms with Crippen LogP contribution in [0.5, 0.6) is 0 Å². The van der Waals surface area contributed by atoms with Crippen molar-refractivity contribution in [3.63, 3.8) is 0 Å². The Balaban J connectivity index is 2.08. The van der Waals surface area contributed by atoms with Crippen LogP contribution in [0, 0.1) is 6.92 Å². The van der Waals surface area contributed by atoms with Gasteiger partial charge < -0.3 is 5.11 Å². The maximum absolute atomic E-state index is 12.2. The number of hydrogen-bond acceptors (Lipinski definition) is 5. The maximum Gasteiger partial charge on any atom is 0.244 e. The van der Waals surface area contributed by atoms with Gasteiger partial charge >= 0.3 is 0 Å². The molecular formula is C11H17N5O3S. The average Bonchev–Trinajstić information content (AvgIpc) is 2.96. The molecule has 2 rings (SSSR count). The van der Waals surface area contributed by atoms with Crippen molar-refractivity contribution >= 4 is 10.0 Å². The molecule has 8 nitrogen and oxygen atoms in total. The molecule has 0 aliphatic heterocycles. The lowest BCUT2D eigenvalue weighted by Gasteiger charge is -2.07. The summed E-state index contributed by atoms with van der Waals surface area (Å²) in [7, 11) is -1.89. The monoisotopic (exact) mass is 299 g/mol. The number of aromatic amines is 1. The Kier molecular flexibility index (Phi) is 4.21. The third-order valence-electron chi connectivity index (χ3n) is 2.98. The molecule has 0 saturated heterocycles. The van der Waals surface area contributed by atoms with Crippen molar-refractivity contribution in [1.29, 1.82) is 0 Å². The summed E-state index contributed by atoms with van der Waals surface area (Å²) in [4.78, 5) is 0.0185. The highest BCUT2D eigenvalue weighted by Gasteiger charge is 2.23. The van der Waals surface area contributed by atoms with E-state index in [0.717, 1.165) is 5.69 Å². The first-order valence-corrected chi connectivity index (χ1v) is 7.55. The summed E-state index contributed by atoms with van der Waals surface area (Å²) < 4.78 is 28.6. The SMILES string of the molecule is Cc1[nH]nc(CO)c1S(=O)(=O)NCCc1ccnn1C. The van der Waals surface area contributed by atoms with Crippen LogP contribution in [0.2, 0.25) is 0 Å². The van der Waals surface area contributed by atoms with E-state index >= 15 is 0 Å². The number of H-pyrrole nitrogens is 1. The summed E-state index contributed by atoms with van der Waals surface area (Å²) in [6, 6.07) is 1.83. The van der Waals surface area contributed by atoms with E-state index in [9.17, 15) is 8.42 Å². The molecule has 0 radical (unpaired) electrons. The zero-order valence-electron chi connectivity index (χ0n) is 11.3. The van der Waals surface area contributed by atoms with Gasteiger partial charge in [0.1, 0.15) is 10.6 Å². The van der Waals surface area contributed by atoms with E-state index in [4.69, 9.17) is 5.11 Å². The van der Waals surface area contributed by atoms with E-state index in [-0.39, 0.29) is 17.1 Å². The minimum Gasteiger partial charge on any atom is -0.390 e. The Morgan fingerprint density at radius 3 is 2.85 bits per heavy atom. The van der Waals surface area contributed by atoms with E-state index in [1.807, 2.05) is 6.07 Å². The van der Waals surface area contributed by atoms with E-state index in [2.05, 4.69) is 20.0 Å². The highest BCUT2D eigenvalue weighted by atomic mass is 32.2. The van der Waals surface area contributed by atoms with Gasteiger partial charge in [-0.15, -0.1) is 0 Å². The Labute approximate surface area is 116 Å². The van der Waals surface area contributed by atoms with Crippen LogP contribution in [-0.4, -0.2) is 40.0 Å². The Morgan fingerprint density at radius 1 is 1.50 bits per heavy atom. The molecule has 110 valence electrons. The summed E-state index contributed by atoms with van der Waals surface area (Å²) in [6.07, 6.45) is 2.19. The predicted molar refractivity (Wildman–Crippen MR) is 71.3 cm³/mol. The number of sulfonamides is 1. The number of hydrogen-bond donors (Lipinski definition) is 3. The van der Waals surface area contributed by atoms with Gasteiger partial charge in [0, 0.05) is 31.9 Å². The van der Waals surface area contributed by atoms with Crippen LogP contribution in [-0.2, 0) is 30.1 Å². The number of aryl methyl sites for hydroxylation is 2. The minimum absolute atomic E-state index is 0.0185. The molecule has 0 saturated carbocycles. The van der Waals surface area contributed by atoms with Gasteiger partial charge in [0.2, 0.25) is 10.0 Å². The Morgan fingerprint density at radius 2 is 2.25 bits per heavy atom. The number of rotatable bonds is 6. The standard InChI is InChI=1S/C11H17N5O3S/c1-8-11(10(7-17)15-14-8)20(18,19)13-6-4-9-3-5-12-16(9)2/h3,5,13,17H,4,6-7H2,1-2H3,(H,14,15). The zero-order chi connectivity index (χ0) is 14.8. The van der Waals surface area contributed by atoms with Crippen LogP contribution in [0.25, 0.3) is 0 Å². The van der Waals surface area contributed by atoms with Crippen molar-refractivity contribution in [3.8, 4) is 0 Å². The normalized spacial score (nSPS) is 11.9. The van der Waals surface area contributed by atoms with Gasteiger partial charge in [-0.2, -0.15) is 10.2 Å². The summed E-state index contributed by atoms with van der Waals surface area (Å²) in [5.41, 5.74) is 1.46. The smallest absolute Gasteiger partial charge is 0.244 e. The van der Waals surface area contributed by atoms with Crippen LogP contribution in [0.1, 0.15) is 17.1 Å². The first-order valence-electron chi connectivity index (χ1n) is 6.07. The molecule has 0 aromatic carbocycles. The number of nitrogens with one attached hydrogen (secondary N) is 2. The lowest BCUT2D eigenvalue weighted by Crippen LogP contribution is -2.27. The molecule has 0 bridgehead atoms. The summed E-state index contributed by atoms with van der Waals surface area (Å²) in [6.45, 7) is 1.42. The molecule has 2 aromatic rings. The zero-order valence-corrected chi connectivity index (χ0v) is 12.1. The number of aliphatic hydroxyl groups is 1. The van der Waals surface area contributed by atoms with Crippen LogP contribution >= 0.6 is 0 Å². The summed E-state index contributed by atoms with van der Waals surface area (Å²) >= 11 is 0. The quantitative estimate of drug-likeness (QED) is 0.663. The molecule has 0 aliphatic carbocycles. The van der Waals surface area contributed by atoms with Crippen molar-refractivity contribution in [1.82, 2.24) is 24.7 Å². The summed E-state index contributed by atoms with van der Waals surface area (Å²) in [5, 5.41) is 19.5. The molecule has 0 aliphatic rings. The lowest BCUT2D eigenvalue weighted by atomic mass is 10.3. The lowest BCUT2D eigenvalue weighted by molar-refractivity contribution is 0.273. The van der Waals surface area contributed by atoms with E-state index < -0.39 is 16.6 Å². The van der Waals surface area contributed by atoms with Gasteiger partial charge in [-0.1, -0.05) is 0 Å². The first-order chi connectivity index (χ1) is 9.45. The van der Waals surface area contributed by atoms with E-state index in [1.165, 1.54) is 0 Å². The molecule has 2 heterocycles. The van der Waals surface area contributed by atoms with Crippen molar-refractivity contribution < 1.29 is 13.5 Å². The Hall–Kier alpha value is -1.71. The molecule has 2 aromatic heterocycles. The fourth-order valence-electron chi connectivity index (χ4n) is 1.97. The van der Waals surface area contributed by atoms with Crippen LogP contribution in [0.4, 0.5) is 0 Å². The highest BCUT2D eigenvalue weighted by molar-refractivity contribution is 7.89. The van der Waals surface area contributed by atoms with Gasteiger partial charge in [0.15, 0.2) is 0 Å².